The Hall–Kier alpha value is 0.970. The number of rotatable bonds is 10. The first-order chi connectivity index (χ1) is 6.41. The first-order valence-electron chi connectivity index (χ1n) is 4.45. The fourth-order valence-electron chi connectivity index (χ4n) is 0.716. The zero-order valence-electron chi connectivity index (χ0n) is 7.78. The highest BCUT2D eigenvalue weighted by Crippen LogP contribution is 2.25. The van der Waals surface area contributed by atoms with Gasteiger partial charge in [-0.25, -0.2) is 0 Å². The Kier molecular flexibility index (Phi) is 13.9. The zero-order valence-corrected chi connectivity index (χ0v) is 10.2. The van der Waals surface area contributed by atoms with Crippen LogP contribution in [0.3, 0.4) is 0 Å². The van der Waals surface area contributed by atoms with E-state index in [0.717, 1.165) is 23.7 Å². The Labute approximate surface area is 92.7 Å². The van der Waals surface area contributed by atoms with Crippen molar-refractivity contribution in [2.45, 2.75) is 19.3 Å². The summed E-state index contributed by atoms with van der Waals surface area (Å²) in [6.07, 6.45) is 3.28. The van der Waals surface area contributed by atoms with Gasteiger partial charge in [0, 0.05) is 17.4 Å². The van der Waals surface area contributed by atoms with Gasteiger partial charge in [0.2, 0.25) is 0 Å². The van der Waals surface area contributed by atoms with Crippen LogP contribution < -0.4 is 0 Å². The second-order valence-electron chi connectivity index (χ2n) is 2.47. The van der Waals surface area contributed by atoms with Crippen LogP contribution in [0.15, 0.2) is 0 Å². The molecule has 0 amide bonds. The van der Waals surface area contributed by atoms with Crippen LogP contribution in [0.2, 0.25) is 0 Å². The summed E-state index contributed by atoms with van der Waals surface area (Å²) in [5, 5.41) is 18.1. The highest BCUT2D eigenvalue weighted by Gasteiger charge is 1.91. The number of hydrogen-bond donors (Lipinski definition) is 2. The molecule has 0 saturated heterocycles. The van der Waals surface area contributed by atoms with E-state index < -0.39 is 0 Å². The van der Waals surface area contributed by atoms with Crippen molar-refractivity contribution in [2.24, 2.45) is 0 Å². The van der Waals surface area contributed by atoms with Gasteiger partial charge in [0.15, 0.2) is 0 Å². The molecule has 5 heteroatoms. The van der Waals surface area contributed by atoms with Gasteiger partial charge in [-0.1, -0.05) is 28.0 Å². The van der Waals surface area contributed by atoms with E-state index in [1.807, 2.05) is 22.6 Å². The summed E-state index contributed by atoms with van der Waals surface area (Å²) in [5.74, 6) is 2.02. The van der Waals surface area contributed by atoms with Crippen molar-refractivity contribution in [2.75, 3.05) is 29.8 Å². The first-order valence-corrected chi connectivity index (χ1v) is 8.10. The van der Waals surface area contributed by atoms with Gasteiger partial charge in [0.05, 0.1) is 6.61 Å². The van der Waals surface area contributed by atoms with Crippen molar-refractivity contribution in [3.8, 4) is 0 Å². The lowest BCUT2D eigenvalue weighted by molar-refractivity contribution is 0.284. The van der Waals surface area contributed by atoms with Gasteiger partial charge in [0.25, 0.3) is 0 Å². The standard InChI is InChI=1S/C8H18O2S3/c9-4-2-1-3-6-11-8-13-12-7-5-10/h9-10H,1-8H2. The van der Waals surface area contributed by atoms with E-state index in [1.165, 1.54) is 12.2 Å². The summed E-state index contributed by atoms with van der Waals surface area (Å²) >= 11 is 1.93. The van der Waals surface area contributed by atoms with E-state index in [9.17, 15) is 0 Å². The Balaban J connectivity index is 2.76. The summed E-state index contributed by atoms with van der Waals surface area (Å²) in [6.45, 7) is 0.602. The van der Waals surface area contributed by atoms with Crippen molar-refractivity contribution in [3.63, 3.8) is 0 Å². The van der Waals surface area contributed by atoms with E-state index in [0.29, 0.717) is 6.61 Å². The molecule has 80 valence electrons. The average molecular weight is 242 g/mol. The van der Waals surface area contributed by atoms with E-state index in [4.69, 9.17) is 10.2 Å². The molecule has 13 heavy (non-hydrogen) atoms. The molecule has 2 N–H and O–H groups in total. The Morgan fingerprint density at radius 1 is 0.769 bits per heavy atom. The maximum absolute atomic E-state index is 8.53. The minimum atomic E-state index is 0.277. The number of aliphatic hydroxyl groups is 2. The molecule has 0 radical (unpaired) electrons. The second kappa shape index (κ2) is 13.0. The van der Waals surface area contributed by atoms with Crippen molar-refractivity contribution < 1.29 is 10.2 Å². The maximum atomic E-state index is 8.53. The van der Waals surface area contributed by atoms with Crippen LogP contribution in [0.4, 0.5) is 0 Å². The third-order valence-electron chi connectivity index (χ3n) is 1.34. The largest absolute Gasteiger partial charge is 0.396 e. The van der Waals surface area contributed by atoms with E-state index in [-0.39, 0.29) is 6.61 Å². The molecule has 0 heterocycles. The molecule has 0 saturated carbocycles. The second-order valence-corrected chi connectivity index (χ2v) is 6.53. The summed E-state index contributed by atoms with van der Waals surface area (Å²) < 4.78 is 0. The number of hydrogen-bond acceptors (Lipinski definition) is 5. The smallest absolute Gasteiger partial charge is 0.0530 e. The van der Waals surface area contributed by atoms with E-state index >= 15 is 0 Å². The molecule has 0 aliphatic heterocycles. The van der Waals surface area contributed by atoms with Gasteiger partial charge in [-0.2, -0.15) is 11.8 Å². The van der Waals surface area contributed by atoms with Crippen LogP contribution in [0.5, 0.6) is 0 Å². The summed E-state index contributed by atoms with van der Waals surface area (Å²) in [6, 6.07) is 0. The lowest BCUT2D eigenvalue weighted by atomic mass is 10.3. The predicted molar refractivity (Wildman–Crippen MR) is 65.4 cm³/mol. The fourth-order valence-corrected chi connectivity index (χ4v) is 4.13. The molecule has 0 bridgehead atoms. The fraction of sp³-hybridized carbons (Fsp3) is 1.00. The third-order valence-corrected chi connectivity index (χ3v) is 5.35. The maximum Gasteiger partial charge on any atom is 0.0530 e. The SMILES string of the molecule is OCCCCCSCSSCCO. The molecule has 0 aromatic heterocycles. The topological polar surface area (TPSA) is 40.5 Å². The predicted octanol–water partition coefficient (Wildman–Crippen LogP) is 2.21. The Morgan fingerprint density at radius 2 is 1.62 bits per heavy atom. The number of thioether (sulfide) groups is 1. The van der Waals surface area contributed by atoms with Crippen LogP contribution >= 0.6 is 33.3 Å². The van der Waals surface area contributed by atoms with Crippen molar-refractivity contribution in [1.29, 1.82) is 0 Å². The molecular formula is C8H18O2S3. The van der Waals surface area contributed by atoms with Crippen LogP contribution in [-0.4, -0.2) is 40.0 Å². The third kappa shape index (κ3) is 13.0. The lowest BCUT2D eigenvalue weighted by Gasteiger charge is -2.00. The average Bonchev–Trinajstić information content (AvgIpc) is 2.16. The van der Waals surface area contributed by atoms with Gasteiger partial charge >= 0.3 is 0 Å². The van der Waals surface area contributed by atoms with Gasteiger partial charge in [-0.15, -0.1) is 0 Å². The normalized spacial score (nSPS) is 10.6. The molecular weight excluding hydrogens is 224 g/mol. The van der Waals surface area contributed by atoms with Gasteiger partial charge in [-0.3, -0.25) is 0 Å². The highest BCUT2D eigenvalue weighted by atomic mass is 33.1. The van der Waals surface area contributed by atoms with Crippen LogP contribution in [0.1, 0.15) is 19.3 Å². The summed E-state index contributed by atoms with van der Waals surface area (Å²) in [7, 11) is 3.54. The van der Waals surface area contributed by atoms with Crippen LogP contribution in [0.25, 0.3) is 0 Å². The van der Waals surface area contributed by atoms with Gasteiger partial charge < -0.3 is 10.2 Å². The summed E-state index contributed by atoms with van der Waals surface area (Å²) in [5.41, 5.74) is 0. The molecule has 0 unspecified atom stereocenters. The van der Waals surface area contributed by atoms with Crippen molar-refractivity contribution >= 4 is 33.3 Å². The molecule has 0 fully saturated rings. The summed E-state index contributed by atoms with van der Waals surface area (Å²) in [4.78, 5) is 0. The zero-order chi connectivity index (χ0) is 9.78. The molecule has 2 nitrogen and oxygen atoms in total. The molecule has 0 atom stereocenters. The van der Waals surface area contributed by atoms with E-state index in [2.05, 4.69) is 0 Å². The van der Waals surface area contributed by atoms with Crippen LogP contribution in [-0.2, 0) is 0 Å². The monoisotopic (exact) mass is 242 g/mol. The molecule has 0 aromatic rings. The Bertz CT molecular complexity index is 83.5. The first kappa shape index (κ1) is 14.0. The van der Waals surface area contributed by atoms with Crippen molar-refractivity contribution in [3.05, 3.63) is 0 Å². The van der Waals surface area contributed by atoms with Crippen LogP contribution in [0, 0.1) is 0 Å². The molecule has 0 rings (SSSR count). The Morgan fingerprint density at radius 3 is 2.31 bits per heavy atom. The number of aliphatic hydroxyl groups excluding tert-OH is 2. The van der Waals surface area contributed by atoms with E-state index in [1.54, 1.807) is 10.8 Å². The lowest BCUT2D eigenvalue weighted by Crippen LogP contribution is -1.86. The molecule has 0 aromatic carbocycles. The quantitative estimate of drug-likeness (QED) is 0.349. The molecule has 0 aliphatic carbocycles. The van der Waals surface area contributed by atoms with Gasteiger partial charge in [0.1, 0.15) is 0 Å². The minimum absolute atomic E-state index is 0.277. The number of unbranched alkanes of at least 4 members (excludes halogenated alkanes) is 2. The highest BCUT2D eigenvalue weighted by molar-refractivity contribution is 8.78. The van der Waals surface area contributed by atoms with Gasteiger partial charge in [-0.05, 0) is 18.6 Å². The minimum Gasteiger partial charge on any atom is -0.396 e. The van der Waals surface area contributed by atoms with Crippen molar-refractivity contribution in [1.82, 2.24) is 0 Å². The molecule has 0 aliphatic rings. The molecule has 0 spiro atoms.